The Morgan fingerprint density at radius 2 is 1.76 bits per heavy atom. The van der Waals surface area contributed by atoms with Crippen LogP contribution in [-0.2, 0) is 33.8 Å². The normalized spacial score (nSPS) is 12.9. The van der Waals surface area contributed by atoms with Crippen molar-refractivity contribution in [1.29, 1.82) is 0 Å². The average Bonchev–Trinajstić information content (AvgIpc) is 2.87. The van der Waals surface area contributed by atoms with E-state index in [2.05, 4.69) is 4.98 Å². The maximum absolute atomic E-state index is 13.0. The number of nitrogens with zero attached hydrogens (tertiary/aromatic N) is 3. The van der Waals surface area contributed by atoms with Crippen LogP contribution in [0, 0.1) is 0 Å². The Hall–Kier alpha value is -3.53. The lowest BCUT2D eigenvalue weighted by Crippen LogP contribution is -2.37. The third kappa shape index (κ3) is 4.72. The minimum absolute atomic E-state index is 0.0780. The molecule has 0 saturated heterocycles. The molecular weight excluding hydrogens is 458 g/mol. The highest BCUT2D eigenvalue weighted by Gasteiger charge is 2.24. The monoisotopic (exact) mass is 483 g/mol. The van der Waals surface area contributed by atoms with Crippen LogP contribution in [0.3, 0.4) is 0 Å². The number of esters is 1. The summed E-state index contributed by atoms with van der Waals surface area (Å²) in [6, 6.07) is 10.8. The zero-order valence-corrected chi connectivity index (χ0v) is 20.0. The number of ether oxygens (including phenoxy) is 3. The van der Waals surface area contributed by atoms with Gasteiger partial charge >= 0.3 is 5.97 Å². The number of aromatic nitrogens is 2. The summed E-state index contributed by atoms with van der Waals surface area (Å²) in [6.07, 6.45) is 0.702. The van der Waals surface area contributed by atoms with Gasteiger partial charge in [-0.05, 0) is 41.8 Å². The number of hydrogen-bond donors (Lipinski definition) is 0. The Bertz CT molecular complexity index is 1310. The number of para-hydroxylation sites is 1. The van der Waals surface area contributed by atoms with E-state index in [0.717, 1.165) is 22.9 Å². The Labute approximate surface area is 200 Å². The zero-order chi connectivity index (χ0) is 24.2. The summed E-state index contributed by atoms with van der Waals surface area (Å²) in [5.41, 5.74) is 2.29. The number of amides is 1. The van der Waals surface area contributed by atoms with Crippen LogP contribution in [0.25, 0.3) is 10.9 Å². The van der Waals surface area contributed by atoms with Crippen LogP contribution >= 0.6 is 11.8 Å². The number of thioether (sulfide) groups is 1. The molecule has 0 spiro atoms. The summed E-state index contributed by atoms with van der Waals surface area (Å²) in [6.45, 7) is 0.750. The summed E-state index contributed by atoms with van der Waals surface area (Å²) in [5.74, 6) is 0.718. The summed E-state index contributed by atoms with van der Waals surface area (Å²) < 4.78 is 16.8. The highest BCUT2D eigenvalue weighted by molar-refractivity contribution is 7.99. The van der Waals surface area contributed by atoms with Gasteiger partial charge in [-0.2, -0.15) is 0 Å². The van der Waals surface area contributed by atoms with E-state index in [0.29, 0.717) is 47.1 Å². The fraction of sp³-hybridized carbons (Fsp3) is 0.333. The number of methoxy groups -OCH3 is 3. The van der Waals surface area contributed by atoms with Gasteiger partial charge in [0.2, 0.25) is 5.91 Å². The van der Waals surface area contributed by atoms with Gasteiger partial charge in [-0.25, -0.2) is 4.98 Å². The molecule has 2 heterocycles. The number of carbonyl (C=O) groups excluding carboxylic acids is 2. The predicted molar refractivity (Wildman–Crippen MR) is 127 cm³/mol. The van der Waals surface area contributed by atoms with Crippen LogP contribution in [0.4, 0.5) is 0 Å². The summed E-state index contributed by atoms with van der Waals surface area (Å²) in [5, 5.41) is 0.699. The number of carbonyl (C=O) groups is 2. The van der Waals surface area contributed by atoms with Gasteiger partial charge in [-0.15, -0.1) is 0 Å². The van der Waals surface area contributed by atoms with E-state index in [1.807, 2.05) is 12.1 Å². The van der Waals surface area contributed by atoms with Gasteiger partial charge in [0.25, 0.3) is 5.56 Å². The van der Waals surface area contributed by atoms with Crippen LogP contribution in [0.15, 0.2) is 46.3 Å². The van der Waals surface area contributed by atoms with Gasteiger partial charge in [-0.3, -0.25) is 19.0 Å². The van der Waals surface area contributed by atoms with Crippen molar-refractivity contribution in [2.24, 2.45) is 0 Å². The molecule has 9 nitrogen and oxygen atoms in total. The van der Waals surface area contributed by atoms with Crippen molar-refractivity contribution in [2.75, 3.05) is 33.6 Å². The summed E-state index contributed by atoms with van der Waals surface area (Å²) >= 11 is 1.13. The second-order valence-corrected chi connectivity index (χ2v) is 8.65. The zero-order valence-electron chi connectivity index (χ0n) is 19.2. The minimum atomic E-state index is -0.565. The molecule has 0 saturated carbocycles. The first-order valence-electron chi connectivity index (χ1n) is 10.7. The second-order valence-electron chi connectivity index (χ2n) is 7.71. The number of hydrogen-bond acceptors (Lipinski definition) is 8. The lowest BCUT2D eigenvalue weighted by Gasteiger charge is -2.29. The van der Waals surface area contributed by atoms with Gasteiger partial charge in [0.15, 0.2) is 16.7 Å². The Morgan fingerprint density at radius 1 is 1.06 bits per heavy atom. The molecule has 2 aromatic carbocycles. The van der Waals surface area contributed by atoms with Crippen LogP contribution in [0.1, 0.15) is 11.1 Å². The van der Waals surface area contributed by atoms with E-state index < -0.39 is 5.97 Å². The number of fused-ring (bicyclic) bond motifs is 2. The maximum atomic E-state index is 13.0. The molecule has 10 heteroatoms. The van der Waals surface area contributed by atoms with E-state index >= 15 is 0 Å². The van der Waals surface area contributed by atoms with E-state index in [1.54, 1.807) is 43.4 Å². The molecule has 0 unspecified atom stereocenters. The fourth-order valence-electron chi connectivity index (χ4n) is 3.90. The molecule has 1 amide bonds. The highest BCUT2D eigenvalue weighted by Crippen LogP contribution is 2.33. The largest absolute Gasteiger partial charge is 0.493 e. The van der Waals surface area contributed by atoms with E-state index in [9.17, 15) is 14.4 Å². The quantitative estimate of drug-likeness (QED) is 0.287. The molecule has 4 rings (SSSR count). The smallest absolute Gasteiger partial charge is 0.325 e. The third-order valence-corrected chi connectivity index (χ3v) is 6.70. The second kappa shape index (κ2) is 10.2. The first-order chi connectivity index (χ1) is 16.4. The van der Waals surface area contributed by atoms with Gasteiger partial charge < -0.3 is 19.1 Å². The van der Waals surface area contributed by atoms with E-state index in [-0.39, 0.29) is 23.8 Å². The van der Waals surface area contributed by atoms with Gasteiger partial charge in [0.05, 0.1) is 38.0 Å². The third-order valence-electron chi connectivity index (χ3n) is 5.74. The molecule has 0 bridgehead atoms. The molecule has 1 aliphatic heterocycles. The SMILES string of the molecule is COC(=O)Cn1c(SCC(=O)N2CCc3cc(OC)c(OC)cc3C2)nc2ccccc2c1=O. The van der Waals surface area contributed by atoms with Crippen molar-refractivity contribution in [1.82, 2.24) is 14.5 Å². The van der Waals surface area contributed by atoms with Gasteiger partial charge in [0, 0.05) is 13.1 Å². The van der Waals surface area contributed by atoms with Crippen molar-refractivity contribution in [3.63, 3.8) is 0 Å². The molecule has 178 valence electrons. The average molecular weight is 484 g/mol. The fourth-order valence-corrected chi connectivity index (χ4v) is 4.81. The molecule has 0 aliphatic carbocycles. The van der Waals surface area contributed by atoms with Crippen LogP contribution < -0.4 is 15.0 Å². The van der Waals surface area contributed by atoms with Crippen LogP contribution in [0.5, 0.6) is 11.5 Å². The van der Waals surface area contributed by atoms with Gasteiger partial charge in [-0.1, -0.05) is 23.9 Å². The molecule has 0 fully saturated rings. The molecule has 0 atom stereocenters. The number of rotatable bonds is 7. The summed E-state index contributed by atoms with van der Waals surface area (Å²) in [7, 11) is 4.44. The molecular formula is C24H25N3O6S. The van der Waals surface area contributed by atoms with Crippen molar-refractivity contribution < 1.29 is 23.8 Å². The Kier molecular flexibility index (Phi) is 7.06. The molecule has 0 radical (unpaired) electrons. The lowest BCUT2D eigenvalue weighted by atomic mass is 9.99. The van der Waals surface area contributed by atoms with Crippen molar-refractivity contribution in [3.8, 4) is 11.5 Å². The van der Waals surface area contributed by atoms with Crippen LogP contribution in [0.2, 0.25) is 0 Å². The topological polar surface area (TPSA) is 100.0 Å². The van der Waals surface area contributed by atoms with Gasteiger partial charge in [0.1, 0.15) is 6.54 Å². The molecule has 1 aromatic heterocycles. The van der Waals surface area contributed by atoms with Crippen molar-refractivity contribution >= 4 is 34.5 Å². The standard InChI is InChI=1S/C24H25N3O6S/c1-31-19-10-15-8-9-26(12-16(15)11-20(19)32-2)21(28)14-34-24-25-18-7-5-4-6-17(18)23(30)27(24)13-22(29)33-3/h4-7,10-11H,8-9,12-14H2,1-3H3. The molecule has 0 N–H and O–H groups in total. The molecule has 1 aliphatic rings. The van der Waals surface area contributed by atoms with E-state index in [1.165, 1.54) is 11.7 Å². The lowest BCUT2D eigenvalue weighted by molar-refractivity contribution is -0.141. The summed E-state index contributed by atoms with van der Waals surface area (Å²) in [4.78, 5) is 44.2. The minimum Gasteiger partial charge on any atom is -0.493 e. The Balaban J connectivity index is 1.54. The molecule has 3 aromatic rings. The molecule has 34 heavy (non-hydrogen) atoms. The van der Waals surface area contributed by atoms with E-state index in [4.69, 9.17) is 14.2 Å². The van der Waals surface area contributed by atoms with Crippen molar-refractivity contribution in [3.05, 3.63) is 57.9 Å². The number of benzene rings is 2. The first kappa shape index (κ1) is 23.6. The maximum Gasteiger partial charge on any atom is 0.325 e. The van der Waals surface area contributed by atoms with Crippen LogP contribution in [-0.4, -0.2) is 60.0 Å². The predicted octanol–water partition coefficient (Wildman–Crippen LogP) is 2.26. The van der Waals surface area contributed by atoms with Crippen molar-refractivity contribution in [2.45, 2.75) is 24.7 Å². The highest BCUT2D eigenvalue weighted by atomic mass is 32.2. The first-order valence-corrected chi connectivity index (χ1v) is 11.6. The Morgan fingerprint density at radius 3 is 2.47 bits per heavy atom.